The monoisotopic (exact) mass is 190 g/mol. The fourth-order valence-electron chi connectivity index (χ4n) is 1.14. The molecule has 6 heteroatoms. The minimum absolute atomic E-state index is 0.653. The largest absolute Gasteiger partial charge is 0.249 e. The molecule has 0 fully saturated rings. The summed E-state index contributed by atoms with van der Waals surface area (Å²) >= 11 is 0. The lowest BCUT2D eigenvalue weighted by Crippen LogP contribution is -2.07. The minimum atomic E-state index is 0.653. The minimum Gasteiger partial charge on any atom is -0.249 e. The van der Waals surface area contributed by atoms with Gasteiger partial charge in [0, 0.05) is 0 Å². The molecule has 0 aliphatic heterocycles. The van der Waals surface area contributed by atoms with Crippen LogP contribution in [0.5, 0.6) is 0 Å². The molecule has 0 aliphatic carbocycles. The van der Waals surface area contributed by atoms with Crippen molar-refractivity contribution in [1.29, 1.82) is 0 Å². The highest BCUT2D eigenvalue weighted by molar-refractivity contribution is 4.93. The van der Waals surface area contributed by atoms with Gasteiger partial charge in [0.2, 0.25) is 0 Å². The lowest BCUT2D eigenvalue weighted by atomic mass is 10.3. The van der Waals surface area contributed by atoms with E-state index in [1.807, 2.05) is 0 Å². The van der Waals surface area contributed by atoms with Gasteiger partial charge in [-0.2, -0.15) is 10.2 Å². The first-order valence-electron chi connectivity index (χ1n) is 4.16. The molecule has 0 saturated heterocycles. The van der Waals surface area contributed by atoms with Crippen molar-refractivity contribution in [3.8, 4) is 0 Å². The zero-order valence-corrected chi connectivity index (χ0v) is 7.61. The zero-order chi connectivity index (χ0) is 9.80. The quantitative estimate of drug-likeness (QED) is 0.643. The first kappa shape index (κ1) is 8.61. The summed E-state index contributed by atoms with van der Waals surface area (Å²) in [6.07, 6.45) is 6.32. The number of hydrogen-bond donors (Lipinski definition) is 0. The van der Waals surface area contributed by atoms with Crippen LogP contribution in [0.1, 0.15) is 0 Å². The van der Waals surface area contributed by atoms with Gasteiger partial charge in [0.1, 0.15) is 25.3 Å². The van der Waals surface area contributed by atoms with Crippen LogP contribution in [-0.4, -0.2) is 29.5 Å². The van der Waals surface area contributed by atoms with E-state index >= 15 is 0 Å². The van der Waals surface area contributed by atoms with Crippen molar-refractivity contribution >= 4 is 0 Å². The van der Waals surface area contributed by atoms with E-state index in [2.05, 4.69) is 26.7 Å². The third kappa shape index (κ3) is 2.03. The summed E-state index contributed by atoms with van der Waals surface area (Å²) in [4.78, 5) is 7.70. The SMILES string of the molecule is C=C(Cn1cncn1)Cn1cncn1. The molecule has 0 atom stereocenters. The van der Waals surface area contributed by atoms with Crippen LogP contribution in [0.4, 0.5) is 0 Å². The van der Waals surface area contributed by atoms with Gasteiger partial charge < -0.3 is 0 Å². The molecular weight excluding hydrogens is 180 g/mol. The molecule has 0 aromatic carbocycles. The van der Waals surface area contributed by atoms with Crippen LogP contribution in [0, 0.1) is 0 Å². The van der Waals surface area contributed by atoms with E-state index in [1.54, 1.807) is 22.0 Å². The van der Waals surface area contributed by atoms with Gasteiger partial charge in [0.15, 0.2) is 0 Å². The third-order valence-corrected chi connectivity index (χ3v) is 1.70. The van der Waals surface area contributed by atoms with E-state index in [0.29, 0.717) is 13.1 Å². The fraction of sp³-hybridized carbons (Fsp3) is 0.250. The molecule has 0 saturated carbocycles. The first-order chi connectivity index (χ1) is 6.84. The van der Waals surface area contributed by atoms with E-state index in [0.717, 1.165) is 5.57 Å². The highest BCUT2D eigenvalue weighted by atomic mass is 15.3. The predicted octanol–water partition coefficient (Wildman–Crippen LogP) is 0.126. The van der Waals surface area contributed by atoms with E-state index < -0.39 is 0 Å². The van der Waals surface area contributed by atoms with Gasteiger partial charge in [0.25, 0.3) is 0 Å². The van der Waals surface area contributed by atoms with Crippen LogP contribution in [0.15, 0.2) is 37.5 Å². The third-order valence-electron chi connectivity index (χ3n) is 1.70. The van der Waals surface area contributed by atoms with Crippen molar-refractivity contribution in [2.45, 2.75) is 13.1 Å². The summed E-state index contributed by atoms with van der Waals surface area (Å²) in [5, 5.41) is 7.97. The number of aromatic nitrogens is 6. The molecule has 72 valence electrons. The Morgan fingerprint density at radius 2 is 1.50 bits per heavy atom. The Morgan fingerprint density at radius 3 is 1.86 bits per heavy atom. The van der Waals surface area contributed by atoms with E-state index in [-0.39, 0.29) is 0 Å². The Labute approximate surface area is 80.9 Å². The molecule has 0 spiro atoms. The molecule has 6 nitrogen and oxygen atoms in total. The summed E-state index contributed by atoms with van der Waals surface area (Å²) in [7, 11) is 0. The molecule has 0 bridgehead atoms. The van der Waals surface area contributed by atoms with Gasteiger partial charge in [-0.15, -0.1) is 0 Å². The second kappa shape index (κ2) is 3.82. The van der Waals surface area contributed by atoms with Gasteiger partial charge in [-0.25, -0.2) is 19.3 Å². The fourth-order valence-corrected chi connectivity index (χ4v) is 1.14. The lowest BCUT2D eigenvalue weighted by Gasteiger charge is -2.04. The van der Waals surface area contributed by atoms with Crippen molar-refractivity contribution in [3.63, 3.8) is 0 Å². The van der Waals surface area contributed by atoms with Crippen LogP contribution >= 0.6 is 0 Å². The number of hydrogen-bond acceptors (Lipinski definition) is 4. The van der Waals surface area contributed by atoms with Crippen molar-refractivity contribution in [1.82, 2.24) is 29.5 Å². The maximum atomic E-state index is 3.98. The Bertz CT molecular complexity index is 349. The van der Waals surface area contributed by atoms with Gasteiger partial charge in [-0.3, -0.25) is 0 Å². The lowest BCUT2D eigenvalue weighted by molar-refractivity contribution is 0.600. The molecule has 14 heavy (non-hydrogen) atoms. The summed E-state index contributed by atoms with van der Waals surface area (Å²) in [6.45, 7) is 5.23. The molecule has 2 aromatic rings. The second-order valence-corrected chi connectivity index (χ2v) is 2.94. The molecule has 2 heterocycles. The molecule has 0 unspecified atom stereocenters. The number of allylic oxidation sites excluding steroid dienone is 1. The van der Waals surface area contributed by atoms with Gasteiger partial charge in [-0.1, -0.05) is 6.58 Å². The second-order valence-electron chi connectivity index (χ2n) is 2.94. The molecule has 0 amide bonds. The molecule has 0 N–H and O–H groups in total. The zero-order valence-electron chi connectivity index (χ0n) is 7.61. The van der Waals surface area contributed by atoms with E-state index in [9.17, 15) is 0 Å². The Morgan fingerprint density at radius 1 is 1.00 bits per heavy atom. The summed E-state index contributed by atoms with van der Waals surface area (Å²) in [5.41, 5.74) is 1.00. The number of nitrogens with zero attached hydrogens (tertiary/aromatic N) is 6. The van der Waals surface area contributed by atoms with Crippen molar-refractivity contribution in [2.75, 3.05) is 0 Å². The number of rotatable bonds is 4. The smallest absolute Gasteiger partial charge is 0.137 e. The van der Waals surface area contributed by atoms with Gasteiger partial charge >= 0.3 is 0 Å². The predicted molar refractivity (Wildman–Crippen MR) is 49.2 cm³/mol. The topological polar surface area (TPSA) is 61.4 Å². The Balaban J connectivity index is 1.91. The highest BCUT2D eigenvalue weighted by Gasteiger charge is 1.98. The van der Waals surface area contributed by atoms with Gasteiger partial charge in [-0.05, 0) is 5.57 Å². The summed E-state index contributed by atoms with van der Waals surface area (Å²) in [5.74, 6) is 0. The average Bonchev–Trinajstić information content (AvgIpc) is 2.76. The summed E-state index contributed by atoms with van der Waals surface area (Å²) in [6, 6.07) is 0. The average molecular weight is 190 g/mol. The van der Waals surface area contributed by atoms with Gasteiger partial charge in [0.05, 0.1) is 13.1 Å². The Hall–Kier alpha value is -1.98. The highest BCUT2D eigenvalue weighted by Crippen LogP contribution is 1.98. The van der Waals surface area contributed by atoms with Crippen LogP contribution < -0.4 is 0 Å². The van der Waals surface area contributed by atoms with Crippen LogP contribution in [0.25, 0.3) is 0 Å². The van der Waals surface area contributed by atoms with Crippen molar-refractivity contribution in [2.24, 2.45) is 0 Å². The normalized spacial score (nSPS) is 10.3. The van der Waals surface area contributed by atoms with E-state index in [4.69, 9.17) is 0 Å². The molecule has 0 radical (unpaired) electrons. The van der Waals surface area contributed by atoms with E-state index in [1.165, 1.54) is 12.7 Å². The maximum absolute atomic E-state index is 3.98. The van der Waals surface area contributed by atoms with Crippen LogP contribution in [0.2, 0.25) is 0 Å². The van der Waals surface area contributed by atoms with Crippen molar-refractivity contribution < 1.29 is 0 Å². The molecule has 0 aliphatic rings. The first-order valence-corrected chi connectivity index (χ1v) is 4.16. The summed E-state index contributed by atoms with van der Waals surface area (Å²) < 4.78 is 3.44. The Kier molecular flexibility index (Phi) is 2.35. The van der Waals surface area contributed by atoms with Crippen LogP contribution in [0.3, 0.4) is 0 Å². The molecule has 2 rings (SSSR count). The van der Waals surface area contributed by atoms with Crippen LogP contribution in [-0.2, 0) is 13.1 Å². The maximum Gasteiger partial charge on any atom is 0.137 e. The molecule has 2 aromatic heterocycles. The van der Waals surface area contributed by atoms with Crippen molar-refractivity contribution in [3.05, 3.63) is 37.5 Å². The standard InChI is InChI=1S/C8H10N6/c1-8(2-13-6-9-4-11-13)3-14-7-10-5-12-14/h4-7H,1-3H2. The molecular formula is C8H10N6.